The van der Waals surface area contributed by atoms with Crippen molar-refractivity contribution in [3.05, 3.63) is 0 Å². The van der Waals surface area contributed by atoms with Gasteiger partial charge in [0.15, 0.2) is 0 Å². The largest absolute Gasteiger partial charge is 0.392 e. The van der Waals surface area contributed by atoms with Gasteiger partial charge in [-0.2, -0.15) is 0 Å². The van der Waals surface area contributed by atoms with Crippen molar-refractivity contribution in [3.63, 3.8) is 0 Å². The maximum absolute atomic E-state index is 5.85. The van der Waals surface area contributed by atoms with E-state index in [0.717, 1.165) is 39.0 Å². The number of thiocarbonyl (C=S) groups is 1. The minimum atomic E-state index is 0.314. The van der Waals surface area contributed by atoms with Crippen molar-refractivity contribution in [3.8, 4) is 0 Å². The average molecular weight is 257 g/mol. The molecule has 2 unspecified atom stereocenters. The Morgan fingerprint density at radius 1 is 1.18 bits per heavy atom. The van der Waals surface area contributed by atoms with Crippen molar-refractivity contribution in [2.45, 2.75) is 52.1 Å². The Bertz CT molecular complexity index is 237. The van der Waals surface area contributed by atoms with Crippen LogP contribution in [0.4, 0.5) is 0 Å². The van der Waals surface area contributed by atoms with Gasteiger partial charge in [0, 0.05) is 32.2 Å². The molecule has 4 heteroatoms. The minimum absolute atomic E-state index is 0.314. The fourth-order valence-corrected chi connectivity index (χ4v) is 2.79. The summed E-state index contributed by atoms with van der Waals surface area (Å²) in [5.41, 5.74) is 5.85. The van der Waals surface area contributed by atoms with E-state index in [0.29, 0.717) is 17.1 Å². The molecule has 0 aromatic rings. The fraction of sp³-hybridized carbons (Fsp3) is 0.923. The van der Waals surface area contributed by atoms with E-state index in [1.807, 2.05) is 0 Å². The topological polar surface area (TPSA) is 32.5 Å². The molecule has 3 nitrogen and oxygen atoms in total. The molecule has 1 fully saturated rings. The van der Waals surface area contributed by atoms with Gasteiger partial charge in [0.1, 0.15) is 0 Å². The molecule has 2 atom stereocenters. The van der Waals surface area contributed by atoms with Crippen LogP contribution < -0.4 is 5.73 Å². The monoisotopic (exact) mass is 257 g/mol. The first-order valence-corrected chi connectivity index (χ1v) is 7.28. The Morgan fingerprint density at radius 3 is 2.12 bits per heavy atom. The van der Waals surface area contributed by atoms with E-state index in [1.165, 1.54) is 6.42 Å². The lowest BCUT2D eigenvalue weighted by atomic mass is 10.1. The van der Waals surface area contributed by atoms with Crippen LogP contribution in [0.15, 0.2) is 0 Å². The van der Waals surface area contributed by atoms with Gasteiger partial charge in [0.05, 0.1) is 11.0 Å². The molecule has 2 N–H and O–H groups in total. The van der Waals surface area contributed by atoms with Crippen LogP contribution in [-0.2, 0) is 0 Å². The number of hydrogen-bond acceptors (Lipinski definition) is 3. The molecule has 0 aliphatic carbocycles. The van der Waals surface area contributed by atoms with Gasteiger partial charge < -0.3 is 5.73 Å². The summed E-state index contributed by atoms with van der Waals surface area (Å²) in [6, 6.07) is 1.01. The lowest BCUT2D eigenvalue weighted by Gasteiger charge is -2.41. The van der Waals surface area contributed by atoms with E-state index in [2.05, 4.69) is 30.6 Å². The summed E-state index contributed by atoms with van der Waals surface area (Å²) >= 11 is 5.19. The summed E-state index contributed by atoms with van der Waals surface area (Å²) in [4.78, 5) is 5.70. The second-order valence-electron chi connectivity index (χ2n) is 5.04. The normalized spacial score (nSPS) is 22.3. The quantitative estimate of drug-likeness (QED) is 0.736. The van der Waals surface area contributed by atoms with Gasteiger partial charge in [0.2, 0.25) is 0 Å². The van der Waals surface area contributed by atoms with Crippen LogP contribution in [0.3, 0.4) is 0 Å². The van der Waals surface area contributed by atoms with Crippen LogP contribution in [0.25, 0.3) is 0 Å². The van der Waals surface area contributed by atoms with Gasteiger partial charge >= 0.3 is 0 Å². The molecule has 0 aromatic heterocycles. The van der Waals surface area contributed by atoms with E-state index in [9.17, 15) is 0 Å². The number of nitrogens with two attached hydrogens (primary N) is 1. The van der Waals surface area contributed by atoms with Crippen molar-refractivity contribution in [1.82, 2.24) is 9.80 Å². The maximum atomic E-state index is 5.85. The van der Waals surface area contributed by atoms with Crippen molar-refractivity contribution >= 4 is 17.2 Å². The van der Waals surface area contributed by atoms with E-state index in [4.69, 9.17) is 18.0 Å². The molecule has 0 radical (unpaired) electrons. The summed E-state index contributed by atoms with van der Waals surface area (Å²) in [6.45, 7) is 11.3. The van der Waals surface area contributed by atoms with E-state index in [1.54, 1.807) is 0 Å². The van der Waals surface area contributed by atoms with E-state index in [-0.39, 0.29) is 0 Å². The van der Waals surface area contributed by atoms with Crippen molar-refractivity contribution in [2.24, 2.45) is 5.73 Å². The molecule has 17 heavy (non-hydrogen) atoms. The van der Waals surface area contributed by atoms with Gasteiger partial charge in [-0.3, -0.25) is 9.80 Å². The summed E-state index contributed by atoms with van der Waals surface area (Å²) < 4.78 is 0. The van der Waals surface area contributed by atoms with Gasteiger partial charge in [-0.1, -0.05) is 32.5 Å². The number of hydrogen-bond donors (Lipinski definition) is 1. The zero-order valence-electron chi connectivity index (χ0n) is 11.5. The lowest BCUT2D eigenvalue weighted by Crippen LogP contribution is -2.55. The van der Waals surface area contributed by atoms with Gasteiger partial charge in [0.25, 0.3) is 0 Å². The van der Waals surface area contributed by atoms with Crippen LogP contribution in [-0.4, -0.2) is 53.1 Å². The third kappa shape index (κ3) is 4.19. The van der Waals surface area contributed by atoms with E-state index >= 15 is 0 Å². The number of piperazine rings is 1. The highest BCUT2D eigenvalue weighted by Crippen LogP contribution is 2.14. The molecule has 1 heterocycles. The molecule has 0 bridgehead atoms. The highest BCUT2D eigenvalue weighted by atomic mass is 32.1. The Morgan fingerprint density at radius 2 is 1.71 bits per heavy atom. The summed E-state index contributed by atoms with van der Waals surface area (Å²) in [6.07, 6.45) is 3.47. The molecular weight excluding hydrogens is 230 g/mol. The summed E-state index contributed by atoms with van der Waals surface area (Å²) in [5.74, 6) is 0. The third-order valence-corrected chi connectivity index (χ3v) is 4.17. The van der Waals surface area contributed by atoms with Crippen molar-refractivity contribution in [1.29, 1.82) is 0 Å². The molecule has 1 aliphatic rings. The first kappa shape index (κ1) is 14.9. The van der Waals surface area contributed by atoms with Crippen molar-refractivity contribution in [2.75, 3.05) is 26.2 Å². The minimum Gasteiger partial charge on any atom is -0.392 e. The Balaban J connectivity index is 2.46. The van der Waals surface area contributed by atoms with E-state index < -0.39 is 0 Å². The van der Waals surface area contributed by atoms with Crippen LogP contribution in [0, 0.1) is 0 Å². The lowest BCUT2D eigenvalue weighted by molar-refractivity contribution is 0.0872. The van der Waals surface area contributed by atoms with Gasteiger partial charge in [-0.05, 0) is 19.8 Å². The molecule has 1 aliphatic heterocycles. The zero-order chi connectivity index (χ0) is 12.8. The highest BCUT2D eigenvalue weighted by Gasteiger charge is 2.26. The maximum Gasteiger partial charge on any atom is 0.0902 e. The summed E-state index contributed by atoms with van der Waals surface area (Å²) in [5, 5.41) is 0. The average Bonchev–Trinajstić information content (AvgIpc) is 2.35. The predicted molar refractivity (Wildman–Crippen MR) is 78.4 cm³/mol. The Kier molecular flexibility index (Phi) is 6.38. The first-order chi connectivity index (χ1) is 8.10. The molecule has 0 spiro atoms. The highest BCUT2D eigenvalue weighted by molar-refractivity contribution is 7.80. The molecule has 1 rings (SSSR count). The number of rotatable bonds is 6. The van der Waals surface area contributed by atoms with Crippen molar-refractivity contribution < 1.29 is 0 Å². The predicted octanol–water partition coefficient (Wildman–Crippen LogP) is 1.86. The van der Waals surface area contributed by atoms with Crippen LogP contribution >= 0.6 is 12.2 Å². The standard InChI is InChI=1S/C13H27N3S/c1-4-6-12(13(14)17)16-9-7-15(8-10-16)11(3)5-2/h11-12H,4-10H2,1-3H3,(H2,14,17). The molecular formula is C13H27N3S. The van der Waals surface area contributed by atoms with Crippen LogP contribution in [0.5, 0.6) is 0 Å². The second-order valence-corrected chi connectivity index (χ2v) is 5.51. The van der Waals surface area contributed by atoms with Gasteiger partial charge in [-0.15, -0.1) is 0 Å². The zero-order valence-corrected chi connectivity index (χ0v) is 12.3. The van der Waals surface area contributed by atoms with Gasteiger partial charge in [-0.25, -0.2) is 0 Å². The summed E-state index contributed by atoms with van der Waals surface area (Å²) in [7, 11) is 0. The number of nitrogens with zero attached hydrogens (tertiary/aromatic N) is 2. The molecule has 0 saturated carbocycles. The molecule has 1 saturated heterocycles. The van der Waals surface area contributed by atoms with Crippen LogP contribution in [0.2, 0.25) is 0 Å². The third-order valence-electron chi connectivity index (χ3n) is 3.89. The first-order valence-electron chi connectivity index (χ1n) is 6.87. The molecule has 0 aromatic carbocycles. The fourth-order valence-electron chi connectivity index (χ4n) is 2.53. The Labute approximate surface area is 111 Å². The Hall–Kier alpha value is -0.190. The molecule has 0 amide bonds. The second kappa shape index (κ2) is 7.29. The van der Waals surface area contributed by atoms with Crippen LogP contribution in [0.1, 0.15) is 40.0 Å². The smallest absolute Gasteiger partial charge is 0.0902 e. The molecule has 100 valence electrons. The SMILES string of the molecule is CCCC(C(N)=S)N1CCN(C(C)CC)CC1.